The van der Waals surface area contributed by atoms with Gasteiger partial charge in [0, 0.05) is 27.3 Å². The Bertz CT molecular complexity index is 520. The highest BCUT2D eigenvalue weighted by molar-refractivity contribution is 14.1. The first-order valence-electron chi connectivity index (χ1n) is 6.15. The van der Waals surface area contributed by atoms with Crippen LogP contribution in [-0.2, 0) is 5.54 Å². The molecule has 0 N–H and O–H groups in total. The monoisotopic (exact) mass is 375 g/mol. The van der Waals surface area contributed by atoms with E-state index in [4.69, 9.17) is 11.6 Å². The summed E-state index contributed by atoms with van der Waals surface area (Å²) in [5.74, 6) is 0.631. The maximum atomic E-state index is 5.94. The summed E-state index contributed by atoms with van der Waals surface area (Å²) in [7, 11) is 0. The Labute approximate surface area is 128 Å². The van der Waals surface area contributed by atoms with Crippen LogP contribution in [0.4, 0.5) is 0 Å². The molecule has 0 bridgehead atoms. The van der Waals surface area contributed by atoms with E-state index in [2.05, 4.69) is 67.8 Å². The van der Waals surface area contributed by atoms with E-state index in [1.807, 2.05) is 0 Å². The predicted octanol–water partition coefficient (Wildman–Crippen LogP) is 4.67. The molecule has 1 nitrogen and oxygen atoms in total. The number of benzene rings is 1. The first-order chi connectivity index (χ1) is 8.32. The minimum absolute atomic E-state index is 0.0134. The van der Waals surface area contributed by atoms with Crippen molar-refractivity contribution in [3.63, 3.8) is 0 Å². The van der Waals surface area contributed by atoms with Crippen LogP contribution in [0.15, 0.2) is 12.6 Å². The molecular weight excluding hydrogens is 357 g/mol. The Morgan fingerprint density at radius 1 is 1.39 bits per heavy atom. The molecule has 2 rings (SSSR count). The average Bonchev–Trinajstić information content (AvgIpc) is 2.47. The second-order valence-corrected chi connectivity index (χ2v) is 6.94. The van der Waals surface area contributed by atoms with Crippen LogP contribution < -0.4 is 0 Å². The van der Waals surface area contributed by atoms with Crippen molar-refractivity contribution in [2.75, 3.05) is 12.4 Å². The Balaban J connectivity index is 2.71. The van der Waals surface area contributed by atoms with Crippen LogP contribution in [0.25, 0.3) is 5.70 Å². The van der Waals surface area contributed by atoms with Gasteiger partial charge in [0.1, 0.15) is 0 Å². The van der Waals surface area contributed by atoms with Crippen molar-refractivity contribution in [2.45, 2.75) is 33.2 Å². The van der Waals surface area contributed by atoms with Gasteiger partial charge in [0.15, 0.2) is 0 Å². The van der Waals surface area contributed by atoms with Crippen molar-refractivity contribution in [3.05, 3.63) is 38.5 Å². The maximum absolute atomic E-state index is 5.94. The zero-order chi connectivity index (χ0) is 13.7. The summed E-state index contributed by atoms with van der Waals surface area (Å²) in [6.07, 6.45) is 0. The summed E-state index contributed by atoms with van der Waals surface area (Å²) in [6, 6.07) is 2.27. The smallest absolute Gasteiger partial charge is 0.0607 e. The van der Waals surface area contributed by atoms with Gasteiger partial charge in [0.05, 0.1) is 5.54 Å². The van der Waals surface area contributed by atoms with Gasteiger partial charge in [-0.2, -0.15) is 0 Å². The summed E-state index contributed by atoms with van der Waals surface area (Å²) in [5, 5.41) is 0. The van der Waals surface area contributed by atoms with E-state index in [-0.39, 0.29) is 5.54 Å². The van der Waals surface area contributed by atoms with Crippen molar-refractivity contribution in [3.8, 4) is 0 Å². The lowest BCUT2D eigenvalue weighted by Crippen LogP contribution is -2.36. The molecule has 1 aromatic carbocycles. The third kappa shape index (κ3) is 1.88. The van der Waals surface area contributed by atoms with Gasteiger partial charge < -0.3 is 4.90 Å². The fraction of sp³-hybridized carbons (Fsp3) is 0.467. The van der Waals surface area contributed by atoms with E-state index in [0.29, 0.717) is 5.88 Å². The highest BCUT2D eigenvalue weighted by Gasteiger charge is 2.41. The van der Waals surface area contributed by atoms with E-state index < -0.39 is 0 Å². The molecule has 98 valence electrons. The lowest BCUT2D eigenvalue weighted by Gasteiger charge is -2.35. The largest absolute Gasteiger partial charge is 0.361 e. The normalized spacial score (nSPS) is 17.2. The molecule has 0 spiro atoms. The second kappa shape index (κ2) is 4.71. The molecule has 1 heterocycles. The van der Waals surface area contributed by atoms with E-state index in [1.54, 1.807) is 0 Å². The zero-order valence-electron chi connectivity index (χ0n) is 11.4. The quantitative estimate of drug-likeness (QED) is 0.536. The molecule has 1 aliphatic rings. The van der Waals surface area contributed by atoms with Gasteiger partial charge in [-0.25, -0.2) is 0 Å². The Morgan fingerprint density at radius 2 is 2.00 bits per heavy atom. The molecule has 0 radical (unpaired) electrons. The molecule has 1 aliphatic heterocycles. The Kier molecular flexibility index (Phi) is 3.72. The highest BCUT2D eigenvalue weighted by atomic mass is 127. The molecule has 0 amide bonds. The number of rotatable bonds is 2. The SMILES string of the molecule is C=C1c2c(C)c(I)cc(C)c2C(C)(C)N1CCCl. The third-order valence-corrected chi connectivity index (χ3v) is 5.22. The van der Waals surface area contributed by atoms with Crippen LogP contribution >= 0.6 is 34.2 Å². The number of fused-ring (bicyclic) bond motifs is 1. The summed E-state index contributed by atoms with van der Waals surface area (Å²) in [6.45, 7) is 14.0. The van der Waals surface area contributed by atoms with Gasteiger partial charge >= 0.3 is 0 Å². The zero-order valence-corrected chi connectivity index (χ0v) is 14.3. The fourth-order valence-corrected chi connectivity index (χ4v) is 4.04. The number of hydrogen-bond acceptors (Lipinski definition) is 1. The lowest BCUT2D eigenvalue weighted by molar-refractivity contribution is 0.230. The topological polar surface area (TPSA) is 3.24 Å². The second-order valence-electron chi connectivity index (χ2n) is 5.40. The van der Waals surface area contributed by atoms with Crippen molar-refractivity contribution >= 4 is 39.9 Å². The molecule has 0 fully saturated rings. The first-order valence-corrected chi connectivity index (χ1v) is 7.76. The van der Waals surface area contributed by atoms with Gasteiger partial charge in [0.25, 0.3) is 0 Å². The third-order valence-electron chi connectivity index (χ3n) is 3.93. The van der Waals surface area contributed by atoms with Crippen molar-refractivity contribution in [1.29, 1.82) is 0 Å². The lowest BCUT2D eigenvalue weighted by atomic mass is 9.88. The van der Waals surface area contributed by atoms with E-state index in [0.717, 1.165) is 12.2 Å². The molecule has 0 aliphatic carbocycles. The summed E-state index contributed by atoms with van der Waals surface area (Å²) in [5.41, 5.74) is 6.54. The van der Waals surface area contributed by atoms with Gasteiger partial charge in [-0.1, -0.05) is 6.58 Å². The van der Waals surface area contributed by atoms with Crippen LogP contribution in [0.2, 0.25) is 0 Å². The minimum Gasteiger partial charge on any atom is -0.361 e. The molecule has 0 unspecified atom stereocenters. The Morgan fingerprint density at radius 3 is 2.56 bits per heavy atom. The first kappa shape index (κ1) is 14.2. The summed E-state index contributed by atoms with van der Waals surface area (Å²) >= 11 is 8.35. The number of halogens is 2. The predicted molar refractivity (Wildman–Crippen MR) is 88.1 cm³/mol. The van der Waals surface area contributed by atoms with E-state index in [1.165, 1.54) is 25.8 Å². The Hall–Kier alpha value is -0.220. The average molecular weight is 376 g/mol. The van der Waals surface area contributed by atoms with Gasteiger partial charge in [0.2, 0.25) is 0 Å². The van der Waals surface area contributed by atoms with Crippen LogP contribution in [-0.4, -0.2) is 17.3 Å². The molecular formula is C15H19ClIN. The summed E-state index contributed by atoms with van der Waals surface area (Å²) in [4.78, 5) is 2.33. The fourth-order valence-electron chi connectivity index (χ4n) is 3.13. The van der Waals surface area contributed by atoms with E-state index in [9.17, 15) is 0 Å². The van der Waals surface area contributed by atoms with Gasteiger partial charge in [-0.3, -0.25) is 0 Å². The molecule has 0 saturated carbocycles. The molecule has 1 aromatic rings. The molecule has 3 heteroatoms. The maximum Gasteiger partial charge on any atom is 0.0607 e. The standard InChI is InChI=1S/C15H19ClIN/c1-9-8-12(17)10(2)13-11(3)18(7-6-16)15(4,5)14(9)13/h8H,3,6-7H2,1-2,4-5H3. The molecule has 0 atom stereocenters. The van der Waals surface area contributed by atoms with Crippen LogP contribution in [0, 0.1) is 17.4 Å². The van der Waals surface area contributed by atoms with Crippen molar-refractivity contribution in [2.24, 2.45) is 0 Å². The van der Waals surface area contributed by atoms with Crippen LogP contribution in [0.3, 0.4) is 0 Å². The van der Waals surface area contributed by atoms with Crippen molar-refractivity contribution in [1.82, 2.24) is 4.90 Å². The van der Waals surface area contributed by atoms with Crippen molar-refractivity contribution < 1.29 is 0 Å². The van der Waals surface area contributed by atoms with Gasteiger partial charge in [-0.15, -0.1) is 11.6 Å². The van der Waals surface area contributed by atoms with Crippen LogP contribution in [0.1, 0.15) is 36.1 Å². The number of nitrogens with zero attached hydrogens (tertiary/aromatic N) is 1. The number of alkyl halides is 1. The number of hydrogen-bond donors (Lipinski definition) is 0. The minimum atomic E-state index is -0.0134. The highest BCUT2D eigenvalue weighted by Crippen LogP contribution is 2.48. The van der Waals surface area contributed by atoms with Gasteiger partial charge in [-0.05, 0) is 73.0 Å². The van der Waals surface area contributed by atoms with Crippen LogP contribution in [0.5, 0.6) is 0 Å². The van der Waals surface area contributed by atoms with E-state index >= 15 is 0 Å². The number of aryl methyl sites for hydroxylation is 1. The molecule has 0 saturated heterocycles. The molecule has 18 heavy (non-hydrogen) atoms. The molecule has 0 aromatic heterocycles. The summed E-state index contributed by atoms with van der Waals surface area (Å²) < 4.78 is 1.31.